The van der Waals surface area contributed by atoms with Gasteiger partial charge in [-0.05, 0) is 32.4 Å². The van der Waals surface area contributed by atoms with E-state index in [1.807, 2.05) is 0 Å². The minimum atomic E-state index is -0.883. The number of nitrogens with one attached hydrogen (secondary N) is 1. The lowest BCUT2D eigenvalue weighted by Gasteiger charge is -2.27. The molecule has 6 nitrogen and oxygen atoms in total. The van der Waals surface area contributed by atoms with Crippen molar-refractivity contribution in [2.75, 3.05) is 13.2 Å². The van der Waals surface area contributed by atoms with Gasteiger partial charge in [0.2, 0.25) is 0 Å². The van der Waals surface area contributed by atoms with Crippen LogP contribution in [-0.4, -0.2) is 35.7 Å². The first kappa shape index (κ1) is 15.2. The maximum absolute atomic E-state index is 12.4. The third-order valence-electron chi connectivity index (χ3n) is 3.23. The molecule has 0 aliphatic carbocycles. The Labute approximate surface area is 123 Å². The first-order chi connectivity index (χ1) is 9.89. The van der Waals surface area contributed by atoms with Crippen LogP contribution in [0, 0.1) is 0 Å². The standard InChI is InChI=1S/C15H19NO5/c1-15(2,7-6-12(17)18)16-14(19)10-4-3-5-11-13(10)21-9-8-20-11/h3-5H,6-9H2,1-2H3,(H,16,19)(H,17,18). The lowest BCUT2D eigenvalue weighted by Crippen LogP contribution is -2.44. The van der Waals surface area contributed by atoms with Gasteiger partial charge in [0.05, 0.1) is 5.56 Å². The van der Waals surface area contributed by atoms with Gasteiger partial charge in [-0.25, -0.2) is 0 Å². The Balaban J connectivity index is 2.12. The number of carbonyl (C=O) groups is 2. The van der Waals surface area contributed by atoms with Gasteiger partial charge >= 0.3 is 5.97 Å². The Morgan fingerprint density at radius 1 is 1.29 bits per heavy atom. The molecule has 2 N–H and O–H groups in total. The van der Waals surface area contributed by atoms with E-state index in [9.17, 15) is 9.59 Å². The van der Waals surface area contributed by atoms with E-state index in [1.165, 1.54) is 0 Å². The summed E-state index contributed by atoms with van der Waals surface area (Å²) in [4.78, 5) is 23.0. The maximum atomic E-state index is 12.4. The van der Waals surface area contributed by atoms with Gasteiger partial charge in [-0.1, -0.05) is 6.07 Å². The van der Waals surface area contributed by atoms with Gasteiger partial charge in [0, 0.05) is 12.0 Å². The Bertz CT molecular complexity index is 553. The van der Waals surface area contributed by atoms with Gasteiger partial charge in [0.15, 0.2) is 11.5 Å². The highest BCUT2D eigenvalue weighted by Gasteiger charge is 2.26. The Morgan fingerprint density at radius 2 is 2.00 bits per heavy atom. The summed E-state index contributed by atoms with van der Waals surface area (Å²) in [6.07, 6.45) is 0.347. The highest BCUT2D eigenvalue weighted by atomic mass is 16.6. The molecule has 0 saturated carbocycles. The van der Waals surface area contributed by atoms with E-state index in [0.717, 1.165) is 0 Å². The van der Waals surface area contributed by atoms with Crippen LogP contribution in [-0.2, 0) is 4.79 Å². The van der Waals surface area contributed by atoms with Crippen LogP contribution < -0.4 is 14.8 Å². The maximum Gasteiger partial charge on any atom is 0.303 e. The number of carboxylic acid groups (broad SMARTS) is 1. The van der Waals surface area contributed by atoms with Gasteiger partial charge in [-0.3, -0.25) is 9.59 Å². The average molecular weight is 293 g/mol. The van der Waals surface area contributed by atoms with E-state index < -0.39 is 11.5 Å². The first-order valence-electron chi connectivity index (χ1n) is 6.82. The lowest BCUT2D eigenvalue weighted by atomic mass is 9.97. The molecule has 1 aliphatic heterocycles. The van der Waals surface area contributed by atoms with Crippen molar-refractivity contribution in [3.05, 3.63) is 23.8 Å². The number of hydrogen-bond donors (Lipinski definition) is 2. The fraction of sp³-hybridized carbons (Fsp3) is 0.467. The minimum absolute atomic E-state index is 0.000210. The third kappa shape index (κ3) is 3.87. The quantitative estimate of drug-likeness (QED) is 0.865. The minimum Gasteiger partial charge on any atom is -0.486 e. The number of amides is 1. The monoisotopic (exact) mass is 293 g/mol. The predicted molar refractivity (Wildman–Crippen MR) is 75.8 cm³/mol. The van der Waals surface area contributed by atoms with E-state index >= 15 is 0 Å². The largest absolute Gasteiger partial charge is 0.486 e. The number of ether oxygens (including phenoxy) is 2. The fourth-order valence-electron chi connectivity index (χ4n) is 2.11. The molecule has 1 aromatic carbocycles. The van der Waals surface area contributed by atoms with E-state index in [-0.39, 0.29) is 12.3 Å². The summed E-state index contributed by atoms with van der Waals surface area (Å²) in [7, 11) is 0. The molecular formula is C15H19NO5. The Kier molecular flexibility index (Phi) is 4.35. The predicted octanol–water partition coefficient (Wildman–Crippen LogP) is 1.83. The normalized spacial score (nSPS) is 13.6. The molecule has 0 saturated heterocycles. The van der Waals surface area contributed by atoms with Crippen molar-refractivity contribution in [2.45, 2.75) is 32.2 Å². The van der Waals surface area contributed by atoms with E-state index in [1.54, 1.807) is 32.0 Å². The second-order valence-corrected chi connectivity index (χ2v) is 5.56. The summed E-state index contributed by atoms with van der Waals surface area (Å²) in [5, 5.41) is 11.6. The smallest absolute Gasteiger partial charge is 0.303 e. The molecule has 1 aromatic rings. The molecule has 1 amide bonds. The summed E-state index contributed by atoms with van der Waals surface area (Å²) >= 11 is 0. The summed E-state index contributed by atoms with van der Waals surface area (Å²) in [5.74, 6) is -0.189. The number of hydrogen-bond acceptors (Lipinski definition) is 4. The molecule has 0 unspecified atom stereocenters. The summed E-state index contributed by atoms with van der Waals surface area (Å²) in [6.45, 7) is 4.45. The van der Waals surface area contributed by atoms with Crippen LogP contribution in [0.1, 0.15) is 37.0 Å². The highest BCUT2D eigenvalue weighted by molar-refractivity contribution is 5.98. The lowest BCUT2D eigenvalue weighted by molar-refractivity contribution is -0.137. The number of carboxylic acids is 1. The van der Waals surface area contributed by atoms with Crippen molar-refractivity contribution >= 4 is 11.9 Å². The molecule has 114 valence electrons. The summed E-state index contributed by atoms with van der Waals surface area (Å²) in [5.41, 5.74) is -0.219. The van der Waals surface area contributed by atoms with Gasteiger partial charge < -0.3 is 19.9 Å². The van der Waals surface area contributed by atoms with Gasteiger partial charge in [-0.2, -0.15) is 0 Å². The van der Waals surface area contributed by atoms with E-state index in [4.69, 9.17) is 14.6 Å². The number of rotatable bonds is 5. The van der Waals surface area contributed by atoms with Gasteiger partial charge in [0.25, 0.3) is 5.91 Å². The van der Waals surface area contributed by atoms with Crippen molar-refractivity contribution in [1.29, 1.82) is 0 Å². The molecule has 0 radical (unpaired) electrons. The van der Waals surface area contributed by atoms with E-state index in [2.05, 4.69) is 5.32 Å². The number of benzene rings is 1. The van der Waals surface area contributed by atoms with Crippen molar-refractivity contribution in [3.8, 4) is 11.5 Å². The zero-order valence-corrected chi connectivity index (χ0v) is 12.1. The first-order valence-corrected chi connectivity index (χ1v) is 6.82. The molecule has 0 fully saturated rings. The van der Waals surface area contributed by atoms with Crippen molar-refractivity contribution in [3.63, 3.8) is 0 Å². The molecule has 1 aliphatic rings. The molecule has 2 rings (SSSR count). The van der Waals surface area contributed by atoms with Gasteiger partial charge in [-0.15, -0.1) is 0 Å². The average Bonchev–Trinajstić information content (AvgIpc) is 2.44. The van der Waals surface area contributed by atoms with Gasteiger partial charge in [0.1, 0.15) is 13.2 Å². The molecule has 0 atom stereocenters. The molecule has 0 aromatic heterocycles. The van der Waals surface area contributed by atoms with Crippen LogP contribution in [0.2, 0.25) is 0 Å². The summed E-state index contributed by atoms with van der Waals surface area (Å²) in [6, 6.07) is 5.14. The Hall–Kier alpha value is -2.24. The molecule has 1 heterocycles. The zero-order valence-electron chi connectivity index (χ0n) is 12.1. The second kappa shape index (κ2) is 6.03. The SMILES string of the molecule is CC(C)(CCC(=O)O)NC(=O)c1cccc2c1OCCO2. The molecular weight excluding hydrogens is 274 g/mol. The molecule has 0 bridgehead atoms. The highest BCUT2D eigenvalue weighted by Crippen LogP contribution is 2.33. The van der Waals surface area contributed by atoms with E-state index in [0.29, 0.717) is 36.7 Å². The fourth-order valence-corrected chi connectivity index (χ4v) is 2.11. The number of carbonyl (C=O) groups excluding carboxylic acids is 1. The number of para-hydroxylation sites is 1. The van der Waals surface area contributed by atoms with Crippen LogP contribution in [0.15, 0.2) is 18.2 Å². The van der Waals surface area contributed by atoms with Crippen LogP contribution in [0.4, 0.5) is 0 Å². The van der Waals surface area contributed by atoms with Crippen molar-refractivity contribution in [1.82, 2.24) is 5.32 Å². The topological polar surface area (TPSA) is 84.9 Å². The Morgan fingerprint density at radius 3 is 2.71 bits per heavy atom. The van der Waals surface area contributed by atoms with Crippen LogP contribution in [0.25, 0.3) is 0 Å². The third-order valence-corrected chi connectivity index (χ3v) is 3.23. The van der Waals surface area contributed by atoms with Crippen molar-refractivity contribution < 1.29 is 24.2 Å². The van der Waals surface area contributed by atoms with Crippen LogP contribution in [0.3, 0.4) is 0 Å². The number of fused-ring (bicyclic) bond motifs is 1. The van der Waals surface area contributed by atoms with Crippen LogP contribution in [0.5, 0.6) is 11.5 Å². The van der Waals surface area contributed by atoms with Crippen LogP contribution >= 0.6 is 0 Å². The second-order valence-electron chi connectivity index (χ2n) is 5.56. The molecule has 6 heteroatoms. The van der Waals surface area contributed by atoms with Crippen molar-refractivity contribution in [2.24, 2.45) is 0 Å². The molecule has 21 heavy (non-hydrogen) atoms. The number of aliphatic carboxylic acids is 1. The zero-order chi connectivity index (χ0) is 15.5. The molecule has 0 spiro atoms. The summed E-state index contributed by atoms with van der Waals surface area (Å²) < 4.78 is 10.9.